The molecule has 0 bridgehead atoms. The Morgan fingerprint density at radius 2 is 1.90 bits per heavy atom. The van der Waals surface area contributed by atoms with Crippen LogP contribution in [0.2, 0.25) is 5.02 Å². The first-order valence-corrected chi connectivity index (χ1v) is 6.03. The molecular formula is C13H9ClN2O5. The fourth-order valence-electron chi connectivity index (χ4n) is 1.66. The van der Waals surface area contributed by atoms with Crippen LogP contribution < -0.4 is 5.32 Å². The lowest BCUT2D eigenvalue weighted by molar-refractivity contribution is -0.384. The third-order valence-corrected chi connectivity index (χ3v) is 2.86. The number of nitro groups is 1. The van der Waals surface area contributed by atoms with E-state index in [2.05, 4.69) is 5.32 Å². The highest BCUT2D eigenvalue weighted by molar-refractivity contribution is 6.31. The number of hydrogen-bond donors (Lipinski definition) is 3. The zero-order chi connectivity index (χ0) is 15.6. The first-order chi connectivity index (χ1) is 9.88. The SMILES string of the molecule is O=C(Nc1ccc(O)cc1[N+](=O)[O-])c1cc(Cl)ccc1O. The van der Waals surface area contributed by atoms with Gasteiger partial charge in [0.25, 0.3) is 11.6 Å². The zero-order valence-corrected chi connectivity index (χ0v) is 11.2. The van der Waals surface area contributed by atoms with Gasteiger partial charge in [0.15, 0.2) is 0 Å². The lowest BCUT2D eigenvalue weighted by Gasteiger charge is -2.08. The number of halogens is 1. The lowest BCUT2D eigenvalue weighted by atomic mass is 10.1. The van der Waals surface area contributed by atoms with E-state index in [1.807, 2.05) is 0 Å². The number of nitrogens with one attached hydrogen (secondary N) is 1. The Labute approximate surface area is 123 Å². The molecule has 2 aromatic rings. The molecule has 0 atom stereocenters. The van der Waals surface area contributed by atoms with E-state index in [1.165, 1.54) is 30.3 Å². The standard InChI is InChI=1S/C13H9ClN2O5/c14-7-1-4-12(18)9(5-7)13(19)15-10-3-2-8(17)6-11(10)16(20)21/h1-6,17-18H,(H,15,19). The van der Waals surface area contributed by atoms with E-state index < -0.39 is 16.5 Å². The van der Waals surface area contributed by atoms with Crippen molar-refractivity contribution in [2.45, 2.75) is 0 Å². The van der Waals surface area contributed by atoms with Gasteiger partial charge < -0.3 is 15.5 Å². The van der Waals surface area contributed by atoms with Gasteiger partial charge in [-0.15, -0.1) is 0 Å². The zero-order valence-electron chi connectivity index (χ0n) is 10.4. The third kappa shape index (κ3) is 3.21. The number of nitrogens with zero attached hydrogens (tertiary/aromatic N) is 1. The van der Waals surface area contributed by atoms with Gasteiger partial charge in [-0.25, -0.2) is 0 Å². The van der Waals surface area contributed by atoms with E-state index in [9.17, 15) is 25.1 Å². The molecule has 0 aliphatic carbocycles. The molecule has 0 aliphatic heterocycles. The van der Waals surface area contributed by atoms with Crippen LogP contribution >= 0.6 is 11.6 Å². The number of benzene rings is 2. The number of nitro benzene ring substituents is 1. The van der Waals surface area contributed by atoms with Crippen LogP contribution in [0.1, 0.15) is 10.4 Å². The predicted molar refractivity (Wildman–Crippen MR) is 75.8 cm³/mol. The molecule has 0 unspecified atom stereocenters. The topological polar surface area (TPSA) is 113 Å². The molecule has 21 heavy (non-hydrogen) atoms. The van der Waals surface area contributed by atoms with Gasteiger partial charge in [0.1, 0.15) is 17.2 Å². The predicted octanol–water partition coefficient (Wildman–Crippen LogP) is 2.91. The highest BCUT2D eigenvalue weighted by Crippen LogP contribution is 2.30. The number of anilines is 1. The van der Waals surface area contributed by atoms with Gasteiger partial charge in [0.2, 0.25) is 0 Å². The average molecular weight is 309 g/mol. The highest BCUT2D eigenvalue weighted by Gasteiger charge is 2.19. The molecule has 0 heterocycles. The molecule has 0 saturated heterocycles. The number of amides is 1. The second-order valence-electron chi connectivity index (χ2n) is 4.07. The first-order valence-electron chi connectivity index (χ1n) is 5.66. The number of carbonyl (C=O) groups is 1. The second-order valence-corrected chi connectivity index (χ2v) is 4.51. The Morgan fingerprint density at radius 1 is 1.19 bits per heavy atom. The highest BCUT2D eigenvalue weighted by atomic mass is 35.5. The molecule has 0 radical (unpaired) electrons. The van der Waals surface area contributed by atoms with Gasteiger partial charge in [0, 0.05) is 5.02 Å². The van der Waals surface area contributed by atoms with Crippen molar-refractivity contribution in [3.8, 4) is 11.5 Å². The van der Waals surface area contributed by atoms with Crippen LogP contribution in [0.25, 0.3) is 0 Å². The average Bonchev–Trinajstić information content (AvgIpc) is 2.43. The molecule has 0 saturated carbocycles. The van der Waals surface area contributed by atoms with E-state index in [0.29, 0.717) is 0 Å². The normalized spacial score (nSPS) is 10.1. The summed E-state index contributed by atoms with van der Waals surface area (Å²) in [5.41, 5.74) is -0.697. The molecule has 2 rings (SSSR count). The van der Waals surface area contributed by atoms with Gasteiger partial charge in [-0.1, -0.05) is 11.6 Å². The lowest BCUT2D eigenvalue weighted by Crippen LogP contribution is -2.13. The monoisotopic (exact) mass is 308 g/mol. The molecule has 0 fully saturated rings. The van der Waals surface area contributed by atoms with Crippen molar-refractivity contribution in [2.24, 2.45) is 0 Å². The van der Waals surface area contributed by atoms with Crippen molar-refractivity contribution in [2.75, 3.05) is 5.32 Å². The Bertz CT molecular complexity index is 732. The summed E-state index contributed by atoms with van der Waals surface area (Å²) in [5, 5.41) is 32.3. The van der Waals surface area contributed by atoms with E-state index in [4.69, 9.17) is 11.6 Å². The van der Waals surface area contributed by atoms with Gasteiger partial charge in [-0.2, -0.15) is 0 Å². The quantitative estimate of drug-likeness (QED) is 0.458. The molecule has 3 N–H and O–H groups in total. The fraction of sp³-hybridized carbons (Fsp3) is 0. The molecule has 2 aromatic carbocycles. The minimum atomic E-state index is -0.760. The minimum Gasteiger partial charge on any atom is -0.508 e. The summed E-state index contributed by atoms with van der Waals surface area (Å²) in [7, 11) is 0. The molecule has 7 nitrogen and oxygen atoms in total. The second kappa shape index (κ2) is 5.68. The maximum Gasteiger partial charge on any atom is 0.296 e. The Kier molecular flexibility index (Phi) is 3.95. The van der Waals surface area contributed by atoms with Gasteiger partial charge in [-0.05, 0) is 30.3 Å². The molecule has 0 spiro atoms. The smallest absolute Gasteiger partial charge is 0.296 e. The minimum absolute atomic E-state index is 0.109. The van der Waals surface area contributed by atoms with E-state index in [1.54, 1.807) is 0 Å². The maximum atomic E-state index is 12.0. The molecule has 8 heteroatoms. The molecule has 0 aromatic heterocycles. The van der Waals surface area contributed by atoms with Crippen molar-refractivity contribution < 1.29 is 19.9 Å². The number of carbonyl (C=O) groups excluding carboxylic acids is 1. The number of phenols is 2. The Hall–Kier alpha value is -2.80. The van der Waals surface area contributed by atoms with Crippen LogP contribution in [0.5, 0.6) is 11.5 Å². The third-order valence-electron chi connectivity index (χ3n) is 2.63. The van der Waals surface area contributed by atoms with Crippen LogP contribution in [-0.2, 0) is 0 Å². The fourth-order valence-corrected chi connectivity index (χ4v) is 1.83. The Balaban J connectivity index is 2.36. The molecular weight excluding hydrogens is 300 g/mol. The van der Waals surface area contributed by atoms with Crippen molar-refractivity contribution in [3.63, 3.8) is 0 Å². The summed E-state index contributed by atoms with van der Waals surface area (Å²) >= 11 is 5.73. The number of rotatable bonds is 3. The van der Waals surface area contributed by atoms with E-state index in [-0.39, 0.29) is 27.8 Å². The summed E-state index contributed by atoms with van der Waals surface area (Å²) in [4.78, 5) is 22.2. The van der Waals surface area contributed by atoms with Crippen LogP contribution in [-0.4, -0.2) is 21.0 Å². The van der Waals surface area contributed by atoms with Crippen molar-refractivity contribution >= 4 is 28.9 Å². The van der Waals surface area contributed by atoms with Gasteiger partial charge >= 0.3 is 0 Å². The number of phenolic OH excluding ortho intramolecular Hbond substituents is 2. The largest absolute Gasteiger partial charge is 0.508 e. The van der Waals surface area contributed by atoms with Crippen molar-refractivity contribution in [1.82, 2.24) is 0 Å². The number of aromatic hydroxyl groups is 2. The summed E-state index contributed by atoms with van der Waals surface area (Å²) in [5.74, 6) is -1.37. The molecule has 1 amide bonds. The number of hydrogen-bond acceptors (Lipinski definition) is 5. The van der Waals surface area contributed by atoms with Gasteiger partial charge in [0.05, 0.1) is 16.6 Å². The maximum absolute atomic E-state index is 12.0. The van der Waals surface area contributed by atoms with E-state index in [0.717, 1.165) is 6.07 Å². The molecule has 0 aliphatic rings. The molecule has 108 valence electrons. The van der Waals surface area contributed by atoms with Crippen molar-refractivity contribution in [1.29, 1.82) is 0 Å². The summed E-state index contributed by atoms with van der Waals surface area (Å²) in [6, 6.07) is 7.17. The van der Waals surface area contributed by atoms with Crippen LogP contribution in [0, 0.1) is 10.1 Å². The summed E-state index contributed by atoms with van der Waals surface area (Å²) in [6.45, 7) is 0. The van der Waals surface area contributed by atoms with E-state index >= 15 is 0 Å². The summed E-state index contributed by atoms with van der Waals surface area (Å²) < 4.78 is 0. The van der Waals surface area contributed by atoms with Gasteiger partial charge in [-0.3, -0.25) is 14.9 Å². The van der Waals surface area contributed by atoms with Crippen molar-refractivity contribution in [3.05, 3.63) is 57.1 Å². The van der Waals surface area contributed by atoms with Crippen LogP contribution in [0.3, 0.4) is 0 Å². The first kappa shape index (κ1) is 14.6. The van der Waals surface area contributed by atoms with Crippen LogP contribution in [0.4, 0.5) is 11.4 Å². The Morgan fingerprint density at radius 3 is 2.57 bits per heavy atom. The summed E-state index contributed by atoms with van der Waals surface area (Å²) in [6.07, 6.45) is 0. The van der Waals surface area contributed by atoms with Crippen LogP contribution in [0.15, 0.2) is 36.4 Å².